The highest BCUT2D eigenvalue weighted by Gasteiger charge is 2.34. The lowest BCUT2D eigenvalue weighted by atomic mass is 10.0. The van der Waals surface area contributed by atoms with Crippen molar-refractivity contribution in [1.29, 1.82) is 0 Å². The molecule has 1 aliphatic rings. The van der Waals surface area contributed by atoms with Crippen LogP contribution in [0.4, 0.5) is 5.95 Å². The van der Waals surface area contributed by atoms with Crippen LogP contribution in [0.1, 0.15) is 47.8 Å². The van der Waals surface area contributed by atoms with Crippen molar-refractivity contribution in [3.63, 3.8) is 0 Å². The first-order chi connectivity index (χ1) is 15.9. The van der Waals surface area contributed by atoms with Gasteiger partial charge in [0.25, 0.3) is 0 Å². The molecule has 0 N–H and O–H groups in total. The van der Waals surface area contributed by atoms with E-state index >= 15 is 0 Å². The van der Waals surface area contributed by atoms with Gasteiger partial charge in [0, 0.05) is 38.8 Å². The minimum absolute atomic E-state index is 0.116. The van der Waals surface area contributed by atoms with Crippen LogP contribution in [0.25, 0.3) is 11.3 Å². The first-order valence-corrected chi connectivity index (χ1v) is 11.3. The number of nitrogens with zero attached hydrogens (tertiary/aromatic N) is 5. The summed E-state index contributed by atoms with van der Waals surface area (Å²) in [5, 5.41) is 4.12. The first kappa shape index (κ1) is 22.8. The standard InChI is InChI=1S/C25H31N5O3/c1-16-17(2)28-33-24(16)20-15-26-25(29(3)4)27-23(20)21-7-6-14-30(21)22(31)13-10-18-8-11-19(32-5)12-9-18/h8-9,11-12,15,21H,6-7,10,13-14H2,1-5H3/t21-/m1/s1. The molecule has 1 aliphatic heterocycles. The van der Waals surface area contributed by atoms with Crippen LogP contribution in [-0.4, -0.2) is 53.7 Å². The van der Waals surface area contributed by atoms with Crippen LogP contribution in [0.2, 0.25) is 0 Å². The van der Waals surface area contributed by atoms with Gasteiger partial charge in [-0.1, -0.05) is 17.3 Å². The highest BCUT2D eigenvalue weighted by molar-refractivity contribution is 5.78. The second-order valence-electron chi connectivity index (χ2n) is 8.68. The summed E-state index contributed by atoms with van der Waals surface area (Å²) in [7, 11) is 5.47. The molecule has 1 atom stereocenters. The summed E-state index contributed by atoms with van der Waals surface area (Å²) in [5.41, 5.74) is 4.55. The lowest BCUT2D eigenvalue weighted by Gasteiger charge is -2.26. The Morgan fingerprint density at radius 3 is 2.64 bits per heavy atom. The largest absolute Gasteiger partial charge is 0.497 e. The lowest BCUT2D eigenvalue weighted by Crippen LogP contribution is -2.32. The van der Waals surface area contributed by atoms with E-state index < -0.39 is 0 Å². The number of carbonyl (C=O) groups is 1. The highest BCUT2D eigenvalue weighted by Crippen LogP contribution is 2.38. The quantitative estimate of drug-likeness (QED) is 0.536. The van der Waals surface area contributed by atoms with Gasteiger partial charge in [-0.2, -0.15) is 0 Å². The van der Waals surface area contributed by atoms with Crippen molar-refractivity contribution in [2.45, 2.75) is 45.6 Å². The maximum absolute atomic E-state index is 13.3. The Morgan fingerprint density at radius 1 is 1.24 bits per heavy atom. The first-order valence-electron chi connectivity index (χ1n) is 11.3. The summed E-state index contributed by atoms with van der Waals surface area (Å²) >= 11 is 0. The number of anilines is 1. The Balaban J connectivity index is 1.60. The fraction of sp³-hybridized carbons (Fsp3) is 0.440. The molecule has 8 nitrogen and oxygen atoms in total. The van der Waals surface area contributed by atoms with E-state index in [1.807, 2.05) is 62.0 Å². The molecular formula is C25H31N5O3. The van der Waals surface area contributed by atoms with E-state index in [9.17, 15) is 4.79 Å². The number of ether oxygens (including phenoxy) is 1. The van der Waals surface area contributed by atoms with E-state index in [4.69, 9.17) is 14.2 Å². The average molecular weight is 450 g/mol. The van der Waals surface area contributed by atoms with Crippen molar-refractivity contribution in [1.82, 2.24) is 20.0 Å². The van der Waals surface area contributed by atoms with Crippen LogP contribution in [0.5, 0.6) is 5.75 Å². The topological polar surface area (TPSA) is 84.6 Å². The van der Waals surface area contributed by atoms with Gasteiger partial charge in [0.05, 0.1) is 30.1 Å². The molecule has 0 unspecified atom stereocenters. The van der Waals surface area contributed by atoms with Gasteiger partial charge >= 0.3 is 0 Å². The van der Waals surface area contributed by atoms with Crippen LogP contribution < -0.4 is 9.64 Å². The van der Waals surface area contributed by atoms with Gasteiger partial charge in [0.1, 0.15) is 5.75 Å². The van der Waals surface area contributed by atoms with Crippen LogP contribution in [0.3, 0.4) is 0 Å². The van der Waals surface area contributed by atoms with E-state index in [2.05, 4.69) is 10.1 Å². The monoisotopic (exact) mass is 449 g/mol. The molecular weight excluding hydrogens is 418 g/mol. The zero-order chi connectivity index (χ0) is 23.5. The summed E-state index contributed by atoms with van der Waals surface area (Å²) in [6, 6.07) is 7.75. The molecule has 1 aromatic carbocycles. The summed E-state index contributed by atoms with van der Waals surface area (Å²) < 4.78 is 10.9. The SMILES string of the molecule is COc1ccc(CCC(=O)N2CCC[C@@H]2c2nc(N(C)C)ncc2-c2onc(C)c2C)cc1. The Kier molecular flexibility index (Phi) is 6.62. The van der Waals surface area contributed by atoms with Crippen molar-refractivity contribution in [3.05, 3.63) is 53.0 Å². The van der Waals surface area contributed by atoms with E-state index in [-0.39, 0.29) is 11.9 Å². The van der Waals surface area contributed by atoms with Crippen LogP contribution in [0, 0.1) is 13.8 Å². The number of rotatable bonds is 7. The number of likely N-dealkylation sites (tertiary alicyclic amines) is 1. The molecule has 1 fully saturated rings. The molecule has 0 saturated carbocycles. The van der Waals surface area contributed by atoms with Gasteiger partial charge in [-0.15, -0.1) is 0 Å². The number of hydrogen-bond acceptors (Lipinski definition) is 7. The second-order valence-corrected chi connectivity index (χ2v) is 8.68. The number of amides is 1. The van der Waals surface area contributed by atoms with Gasteiger partial charge in [-0.25, -0.2) is 9.97 Å². The molecule has 0 bridgehead atoms. The van der Waals surface area contributed by atoms with Gasteiger partial charge in [-0.3, -0.25) is 4.79 Å². The molecule has 8 heteroatoms. The van der Waals surface area contributed by atoms with Gasteiger partial charge < -0.3 is 19.1 Å². The molecule has 0 radical (unpaired) electrons. The summed E-state index contributed by atoms with van der Waals surface area (Å²) in [6.45, 7) is 4.63. The molecule has 0 spiro atoms. The summed E-state index contributed by atoms with van der Waals surface area (Å²) in [5.74, 6) is 2.23. The number of hydrogen-bond donors (Lipinski definition) is 0. The minimum Gasteiger partial charge on any atom is -0.497 e. The smallest absolute Gasteiger partial charge is 0.225 e. The van der Waals surface area contributed by atoms with Gasteiger partial charge in [-0.05, 0) is 50.8 Å². The Labute approximate surface area is 194 Å². The Bertz CT molecular complexity index is 1120. The number of aromatic nitrogens is 3. The van der Waals surface area contributed by atoms with Gasteiger partial charge in [0.15, 0.2) is 5.76 Å². The molecule has 1 saturated heterocycles. The van der Waals surface area contributed by atoms with Crippen molar-refractivity contribution in [3.8, 4) is 17.1 Å². The maximum atomic E-state index is 13.3. The summed E-state index contributed by atoms with van der Waals surface area (Å²) in [6.07, 6.45) is 4.73. The van der Waals surface area contributed by atoms with Crippen molar-refractivity contribution < 1.29 is 14.1 Å². The third-order valence-corrected chi connectivity index (χ3v) is 6.28. The predicted molar refractivity (Wildman–Crippen MR) is 126 cm³/mol. The van der Waals surface area contributed by atoms with E-state index in [1.165, 1.54) is 0 Å². The average Bonchev–Trinajstić information content (AvgIpc) is 3.44. The normalized spacial score (nSPS) is 15.7. The number of benzene rings is 1. The Morgan fingerprint density at radius 2 is 2.00 bits per heavy atom. The van der Waals surface area contributed by atoms with Crippen LogP contribution >= 0.6 is 0 Å². The van der Waals surface area contributed by atoms with Gasteiger partial charge in [0.2, 0.25) is 11.9 Å². The van der Waals surface area contributed by atoms with Crippen LogP contribution in [0.15, 0.2) is 35.0 Å². The third-order valence-electron chi connectivity index (χ3n) is 6.28. The van der Waals surface area contributed by atoms with Crippen molar-refractivity contribution in [2.75, 3.05) is 32.6 Å². The van der Waals surface area contributed by atoms with Crippen molar-refractivity contribution >= 4 is 11.9 Å². The molecule has 4 rings (SSSR count). The Hall–Kier alpha value is -3.42. The molecule has 33 heavy (non-hydrogen) atoms. The molecule has 0 aliphatic carbocycles. The van der Waals surface area contributed by atoms with E-state index in [0.717, 1.165) is 53.2 Å². The minimum atomic E-state index is -0.116. The fourth-order valence-electron chi connectivity index (χ4n) is 4.23. The molecule has 3 heterocycles. The highest BCUT2D eigenvalue weighted by atomic mass is 16.5. The zero-order valence-corrected chi connectivity index (χ0v) is 20.0. The van der Waals surface area contributed by atoms with Crippen molar-refractivity contribution in [2.24, 2.45) is 0 Å². The number of aryl methyl sites for hydroxylation is 2. The van der Waals surface area contributed by atoms with E-state index in [1.54, 1.807) is 13.3 Å². The number of methoxy groups -OCH3 is 1. The molecule has 2 aromatic heterocycles. The van der Waals surface area contributed by atoms with E-state index in [0.29, 0.717) is 24.6 Å². The molecule has 1 amide bonds. The fourth-order valence-corrected chi connectivity index (χ4v) is 4.23. The summed E-state index contributed by atoms with van der Waals surface area (Å²) in [4.78, 5) is 26.5. The molecule has 174 valence electrons. The molecule has 3 aromatic rings. The predicted octanol–water partition coefficient (Wildman–Crippen LogP) is 4.12. The number of carbonyl (C=O) groups excluding carboxylic acids is 1. The second kappa shape index (κ2) is 9.60. The zero-order valence-electron chi connectivity index (χ0n) is 20.0. The van der Waals surface area contributed by atoms with Crippen LogP contribution in [-0.2, 0) is 11.2 Å². The maximum Gasteiger partial charge on any atom is 0.225 e. The third kappa shape index (κ3) is 4.69. The lowest BCUT2D eigenvalue weighted by molar-refractivity contribution is -0.132.